The van der Waals surface area contributed by atoms with E-state index in [1.54, 1.807) is 4.90 Å². The van der Waals surface area contributed by atoms with Crippen molar-refractivity contribution in [3.63, 3.8) is 0 Å². The number of nitrogens with zero attached hydrogens (tertiary/aromatic N) is 2. The predicted molar refractivity (Wildman–Crippen MR) is 113 cm³/mol. The Hall–Kier alpha value is -2.45. The van der Waals surface area contributed by atoms with Crippen LogP contribution in [0.15, 0.2) is 47.4 Å². The molecule has 1 saturated heterocycles. The highest BCUT2D eigenvalue weighted by atomic mass is 32.2. The molecule has 0 spiro atoms. The maximum Gasteiger partial charge on any atom is 0.260 e. The van der Waals surface area contributed by atoms with Crippen LogP contribution in [-0.4, -0.2) is 56.3 Å². The molecule has 3 rings (SSSR count). The Balaban J connectivity index is 1.60. The molecule has 0 N–H and O–H groups in total. The van der Waals surface area contributed by atoms with Gasteiger partial charge in [0.05, 0.1) is 0 Å². The lowest BCUT2D eigenvalue weighted by atomic mass is 10.0. The minimum Gasteiger partial charge on any atom is -0.483 e. The SMILES string of the molecule is Cc1ccc(C(C)C)c(OCC(=O)N2CCN(S(=O)(=O)c3ccccc3F)CC2)c1. The molecule has 162 valence electrons. The molecule has 2 aromatic rings. The molecule has 8 heteroatoms. The average molecular weight is 435 g/mol. The van der Waals surface area contributed by atoms with Gasteiger partial charge in [-0.2, -0.15) is 4.31 Å². The number of hydrogen-bond acceptors (Lipinski definition) is 4. The summed E-state index contributed by atoms with van der Waals surface area (Å²) in [5.41, 5.74) is 2.09. The molecule has 1 aliphatic rings. The van der Waals surface area contributed by atoms with Crippen LogP contribution in [-0.2, 0) is 14.8 Å². The van der Waals surface area contributed by atoms with Gasteiger partial charge in [0.2, 0.25) is 10.0 Å². The van der Waals surface area contributed by atoms with Crippen LogP contribution in [0.25, 0.3) is 0 Å². The molecule has 0 saturated carbocycles. The number of aryl methyl sites for hydroxylation is 1. The average Bonchev–Trinajstić information content (AvgIpc) is 2.72. The van der Waals surface area contributed by atoms with Gasteiger partial charge in [-0.1, -0.05) is 38.1 Å². The van der Waals surface area contributed by atoms with Crippen LogP contribution >= 0.6 is 0 Å². The first-order chi connectivity index (χ1) is 14.2. The number of amides is 1. The van der Waals surface area contributed by atoms with E-state index >= 15 is 0 Å². The molecule has 0 radical (unpaired) electrons. The molecular weight excluding hydrogens is 407 g/mol. The van der Waals surface area contributed by atoms with Gasteiger partial charge in [-0.25, -0.2) is 12.8 Å². The van der Waals surface area contributed by atoms with Crippen LogP contribution < -0.4 is 4.74 Å². The number of hydrogen-bond donors (Lipinski definition) is 0. The molecule has 1 heterocycles. The van der Waals surface area contributed by atoms with Crippen LogP contribution in [0.4, 0.5) is 4.39 Å². The quantitative estimate of drug-likeness (QED) is 0.701. The summed E-state index contributed by atoms with van der Waals surface area (Å²) in [6.07, 6.45) is 0. The zero-order valence-corrected chi connectivity index (χ0v) is 18.3. The van der Waals surface area contributed by atoms with Gasteiger partial charge in [-0.05, 0) is 42.2 Å². The standard InChI is InChI=1S/C22H27FN2O4S/c1-16(2)18-9-8-17(3)14-20(18)29-15-22(26)24-10-12-25(13-11-24)30(27,28)21-7-5-4-6-19(21)23/h4-9,14,16H,10-13,15H2,1-3H3. The van der Waals surface area contributed by atoms with E-state index in [0.717, 1.165) is 17.2 Å². The third kappa shape index (κ3) is 4.82. The molecule has 1 amide bonds. The van der Waals surface area contributed by atoms with Crippen molar-refractivity contribution in [1.82, 2.24) is 9.21 Å². The first kappa shape index (κ1) is 22.2. The summed E-state index contributed by atoms with van der Waals surface area (Å²) in [7, 11) is -3.93. The Kier molecular flexibility index (Phi) is 6.77. The number of halogens is 1. The molecule has 30 heavy (non-hydrogen) atoms. The second-order valence-electron chi connectivity index (χ2n) is 7.70. The van der Waals surface area contributed by atoms with Crippen LogP contribution in [0, 0.1) is 12.7 Å². The topological polar surface area (TPSA) is 66.9 Å². The summed E-state index contributed by atoms with van der Waals surface area (Å²) >= 11 is 0. The minimum absolute atomic E-state index is 0.108. The lowest BCUT2D eigenvalue weighted by molar-refractivity contribution is -0.134. The van der Waals surface area contributed by atoms with Crippen LogP contribution in [0.2, 0.25) is 0 Å². The largest absolute Gasteiger partial charge is 0.483 e. The van der Waals surface area contributed by atoms with Gasteiger partial charge in [-0.15, -0.1) is 0 Å². The maximum absolute atomic E-state index is 13.9. The number of benzene rings is 2. The first-order valence-electron chi connectivity index (χ1n) is 9.96. The van der Waals surface area contributed by atoms with Gasteiger partial charge in [0.25, 0.3) is 5.91 Å². The van der Waals surface area contributed by atoms with Crippen molar-refractivity contribution < 1.29 is 22.3 Å². The molecule has 1 aliphatic heterocycles. The third-order valence-electron chi connectivity index (χ3n) is 5.19. The molecule has 0 atom stereocenters. The van der Waals surface area contributed by atoms with Gasteiger partial charge in [-0.3, -0.25) is 4.79 Å². The third-order valence-corrected chi connectivity index (χ3v) is 7.12. The van der Waals surface area contributed by atoms with Gasteiger partial charge in [0.15, 0.2) is 6.61 Å². The zero-order valence-electron chi connectivity index (χ0n) is 17.5. The number of carbonyl (C=O) groups excluding carboxylic acids is 1. The summed E-state index contributed by atoms with van der Waals surface area (Å²) in [5.74, 6) is -0.0142. The smallest absolute Gasteiger partial charge is 0.260 e. The van der Waals surface area contributed by atoms with Gasteiger partial charge < -0.3 is 9.64 Å². The van der Waals surface area contributed by atoms with Crippen molar-refractivity contribution >= 4 is 15.9 Å². The van der Waals surface area contributed by atoms with Crippen LogP contribution in [0.1, 0.15) is 30.9 Å². The number of rotatable bonds is 6. The molecular formula is C22H27FN2O4S. The highest BCUT2D eigenvalue weighted by Gasteiger charge is 2.31. The van der Waals surface area contributed by atoms with E-state index in [1.807, 2.05) is 25.1 Å². The van der Waals surface area contributed by atoms with Gasteiger partial charge in [0, 0.05) is 26.2 Å². The van der Waals surface area contributed by atoms with Crippen molar-refractivity contribution in [2.75, 3.05) is 32.8 Å². The van der Waals surface area contributed by atoms with Crippen molar-refractivity contribution in [1.29, 1.82) is 0 Å². The van der Waals surface area contributed by atoms with E-state index in [4.69, 9.17) is 4.74 Å². The lowest BCUT2D eigenvalue weighted by Crippen LogP contribution is -2.51. The normalized spacial score (nSPS) is 15.4. The Morgan fingerprint density at radius 3 is 2.40 bits per heavy atom. The van der Waals surface area contributed by atoms with E-state index in [-0.39, 0.29) is 49.5 Å². The van der Waals surface area contributed by atoms with Crippen LogP contribution in [0.5, 0.6) is 5.75 Å². The number of ether oxygens (including phenoxy) is 1. The fraction of sp³-hybridized carbons (Fsp3) is 0.409. The summed E-state index contributed by atoms with van der Waals surface area (Å²) in [4.78, 5) is 13.8. The highest BCUT2D eigenvalue weighted by molar-refractivity contribution is 7.89. The summed E-state index contributed by atoms with van der Waals surface area (Å²) < 4.78 is 46.3. The lowest BCUT2D eigenvalue weighted by Gasteiger charge is -2.34. The molecule has 1 fully saturated rings. The van der Waals surface area contributed by atoms with E-state index in [9.17, 15) is 17.6 Å². The molecule has 0 bridgehead atoms. The maximum atomic E-state index is 13.9. The number of carbonyl (C=O) groups is 1. The monoisotopic (exact) mass is 434 g/mol. The summed E-state index contributed by atoms with van der Waals surface area (Å²) in [5, 5.41) is 0. The number of piperazine rings is 1. The Morgan fingerprint density at radius 2 is 1.77 bits per heavy atom. The minimum atomic E-state index is -3.93. The Labute approximate surface area is 177 Å². The summed E-state index contributed by atoms with van der Waals surface area (Å²) in [6.45, 7) is 6.69. The van der Waals surface area contributed by atoms with Crippen molar-refractivity contribution in [2.24, 2.45) is 0 Å². The zero-order chi connectivity index (χ0) is 21.9. The molecule has 0 unspecified atom stereocenters. The van der Waals surface area contributed by atoms with E-state index in [1.165, 1.54) is 22.5 Å². The molecule has 0 aromatic heterocycles. The van der Waals surface area contributed by atoms with Crippen LogP contribution in [0.3, 0.4) is 0 Å². The molecule has 0 aliphatic carbocycles. The summed E-state index contributed by atoms with van der Waals surface area (Å²) in [6, 6.07) is 11.3. The second-order valence-corrected chi connectivity index (χ2v) is 9.61. The van der Waals surface area contributed by atoms with Crippen molar-refractivity contribution in [3.05, 3.63) is 59.4 Å². The van der Waals surface area contributed by atoms with E-state index in [2.05, 4.69) is 13.8 Å². The Morgan fingerprint density at radius 1 is 1.10 bits per heavy atom. The molecule has 6 nitrogen and oxygen atoms in total. The second kappa shape index (κ2) is 9.14. The van der Waals surface area contributed by atoms with Gasteiger partial charge in [0.1, 0.15) is 16.5 Å². The highest BCUT2D eigenvalue weighted by Crippen LogP contribution is 2.27. The van der Waals surface area contributed by atoms with Crippen molar-refractivity contribution in [2.45, 2.75) is 31.6 Å². The van der Waals surface area contributed by atoms with Gasteiger partial charge >= 0.3 is 0 Å². The number of sulfonamides is 1. The Bertz CT molecular complexity index is 1020. The molecule has 2 aromatic carbocycles. The van der Waals surface area contributed by atoms with E-state index in [0.29, 0.717) is 5.75 Å². The fourth-order valence-electron chi connectivity index (χ4n) is 3.45. The van der Waals surface area contributed by atoms with Crippen molar-refractivity contribution in [3.8, 4) is 5.75 Å². The van der Waals surface area contributed by atoms with E-state index < -0.39 is 15.8 Å². The predicted octanol–water partition coefficient (Wildman–Crippen LogP) is 3.17. The fourth-order valence-corrected chi connectivity index (χ4v) is 4.93. The first-order valence-corrected chi connectivity index (χ1v) is 11.4.